The highest BCUT2D eigenvalue weighted by Gasteiger charge is 2.31. The van der Waals surface area contributed by atoms with Crippen LogP contribution in [0.2, 0.25) is 0 Å². The molecule has 4 unspecified atom stereocenters. The molecule has 12 nitrogen and oxygen atoms in total. The van der Waals surface area contributed by atoms with Crippen molar-refractivity contribution in [3.8, 4) is 0 Å². The molecule has 2 aromatic rings. The van der Waals surface area contributed by atoms with Crippen LogP contribution in [0.4, 0.5) is 0 Å². The molecule has 1 heterocycles. The summed E-state index contributed by atoms with van der Waals surface area (Å²) in [5.41, 5.74) is 12.7. The molecule has 39 heavy (non-hydrogen) atoms. The molecule has 2 rings (SSSR count). The summed E-state index contributed by atoms with van der Waals surface area (Å²) in [6.07, 6.45) is 3.58. The molecule has 0 saturated carbocycles. The van der Waals surface area contributed by atoms with Gasteiger partial charge in [-0.05, 0) is 42.4 Å². The molecule has 0 aliphatic heterocycles. The normalized spacial score (nSPS) is 14.3. The molecule has 1 aromatic heterocycles. The molecule has 0 aliphatic carbocycles. The first kappa shape index (κ1) is 31.6. The number of nitrogens with two attached hydrogens (primary N) is 2. The number of thioether (sulfide) groups is 1. The second-order valence-corrected chi connectivity index (χ2v) is 10.8. The first-order chi connectivity index (χ1) is 18.4. The Morgan fingerprint density at radius 2 is 1.59 bits per heavy atom. The lowest BCUT2D eigenvalue weighted by molar-refractivity contribution is -0.142. The predicted molar refractivity (Wildman–Crippen MR) is 150 cm³/mol. The van der Waals surface area contributed by atoms with Crippen molar-refractivity contribution in [2.24, 2.45) is 17.4 Å². The summed E-state index contributed by atoms with van der Waals surface area (Å²) in [5, 5.41) is 18.2. The number of primary amides is 1. The van der Waals surface area contributed by atoms with Crippen molar-refractivity contribution >= 4 is 52.3 Å². The number of carboxylic acids is 1. The minimum atomic E-state index is -1.35. The van der Waals surface area contributed by atoms with Crippen LogP contribution < -0.4 is 27.4 Å². The van der Waals surface area contributed by atoms with Gasteiger partial charge in [0.05, 0.1) is 12.5 Å². The molecule has 0 radical (unpaired) electrons. The van der Waals surface area contributed by atoms with Crippen LogP contribution in [0.1, 0.15) is 38.7 Å². The van der Waals surface area contributed by atoms with Crippen LogP contribution in [0.25, 0.3) is 10.9 Å². The maximum Gasteiger partial charge on any atom is 0.326 e. The van der Waals surface area contributed by atoms with Crippen LogP contribution in [0.15, 0.2) is 30.5 Å². The van der Waals surface area contributed by atoms with Gasteiger partial charge >= 0.3 is 5.97 Å². The van der Waals surface area contributed by atoms with E-state index in [0.717, 1.165) is 10.9 Å². The number of amides is 4. The van der Waals surface area contributed by atoms with Crippen LogP contribution in [0, 0.1) is 5.92 Å². The lowest BCUT2D eigenvalue weighted by Crippen LogP contribution is -2.58. The van der Waals surface area contributed by atoms with Gasteiger partial charge in [-0.1, -0.05) is 32.0 Å². The number of carboxylic acid groups (broad SMARTS) is 1. The number of aliphatic carboxylic acids is 1. The van der Waals surface area contributed by atoms with E-state index in [9.17, 15) is 29.1 Å². The van der Waals surface area contributed by atoms with Crippen LogP contribution in [0.5, 0.6) is 0 Å². The molecule has 0 fully saturated rings. The first-order valence-electron chi connectivity index (χ1n) is 12.6. The Balaban J connectivity index is 2.17. The van der Waals surface area contributed by atoms with E-state index in [1.54, 1.807) is 6.20 Å². The van der Waals surface area contributed by atoms with E-state index < -0.39 is 60.2 Å². The number of carbonyl (C=O) groups excluding carboxylic acids is 4. The van der Waals surface area contributed by atoms with Crippen molar-refractivity contribution in [1.82, 2.24) is 20.9 Å². The standard InChI is InChI=1S/C26H38N6O6S/c1-14(2)10-17(27)23(34)31-20(12-22(28)33)25(36)30-19(8-9-39-3)24(35)32-21(26(37)38)11-15-13-29-18-7-5-4-6-16(15)18/h4-7,13-14,17,19-21,29H,8-12,27H2,1-3H3,(H2,28,33)(H,30,36)(H,31,34)(H,32,35)(H,37,38). The predicted octanol–water partition coefficient (Wildman–Crippen LogP) is 0.251. The van der Waals surface area contributed by atoms with Crippen molar-refractivity contribution < 1.29 is 29.1 Å². The Morgan fingerprint density at radius 3 is 2.21 bits per heavy atom. The molecule has 214 valence electrons. The highest BCUT2D eigenvalue weighted by Crippen LogP contribution is 2.19. The minimum Gasteiger partial charge on any atom is -0.480 e. The maximum absolute atomic E-state index is 13.2. The van der Waals surface area contributed by atoms with E-state index in [-0.39, 0.29) is 18.8 Å². The van der Waals surface area contributed by atoms with Crippen LogP contribution in [0.3, 0.4) is 0 Å². The van der Waals surface area contributed by atoms with Gasteiger partial charge in [-0.2, -0.15) is 11.8 Å². The Labute approximate surface area is 231 Å². The fourth-order valence-corrected chi connectivity index (χ4v) is 4.55. The summed E-state index contributed by atoms with van der Waals surface area (Å²) in [5.74, 6) is -3.59. The third-order valence-electron chi connectivity index (χ3n) is 6.06. The Bertz CT molecular complexity index is 1170. The number of hydrogen-bond acceptors (Lipinski definition) is 7. The highest BCUT2D eigenvalue weighted by atomic mass is 32.2. The number of rotatable bonds is 16. The van der Waals surface area contributed by atoms with Crippen LogP contribution in [-0.4, -0.2) is 75.9 Å². The number of benzene rings is 1. The molecule has 0 spiro atoms. The molecule has 4 atom stereocenters. The van der Waals surface area contributed by atoms with E-state index in [1.807, 2.05) is 44.4 Å². The summed E-state index contributed by atoms with van der Waals surface area (Å²) in [6, 6.07) is 2.76. The topological polar surface area (TPSA) is 209 Å². The molecular formula is C26H38N6O6S. The largest absolute Gasteiger partial charge is 0.480 e. The SMILES string of the molecule is CSCCC(NC(=O)C(CC(N)=O)NC(=O)C(N)CC(C)C)C(=O)NC(Cc1c[nH]c2ccccc12)C(=O)O. The summed E-state index contributed by atoms with van der Waals surface area (Å²) in [6.45, 7) is 3.78. The lowest BCUT2D eigenvalue weighted by atomic mass is 10.0. The number of carbonyl (C=O) groups is 5. The molecule has 13 heteroatoms. The smallest absolute Gasteiger partial charge is 0.326 e. The fraction of sp³-hybridized carbons (Fsp3) is 0.500. The number of aromatic nitrogens is 1. The van der Waals surface area contributed by atoms with E-state index in [1.165, 1.54) is 11.8 Å². The van der Waals surface area contributed by atoms with Crippen molar-refractivity contribution in [1.29, 1.82) is 0 Å². The summed E-state index contributed by atoms with van der Waals surface area (Å²) in [7, 11) is 0. The van der Waals surface area contributed by atoms with Crippen molar-refractivity contribution in [3.63, 3.8) is 0 Å². The quantitative estimate of drug-likeness (QED) is 0.150. The zero-order chi connectivity index (χ0) is 29.1. The van der Waals surface area contributed by atoms with Gasteiger partial charge in [-0.25, -0.2) is 4.79 Å². The number of nitrogens with one attached hydrogen (secondary N) is 4. The Hall–Kier alpha value is -3.58. The number of H-pyrrole nitrogens is 1. The van der Waals surface area contributed by atoms with Crippen molar-refractivity contribution in [3.05, 3.63) is 36.0 Å². The minimum absolute atomic E-state index is 0.0162. The van der Waals surface area contributed by atoms with E-state index >= 15 is 0 Å². The number of aromatic amines is 1. The monoisotopic (exact) mass is 562 g/mol. The molecule has 9 N–H and O–H groups in total. The van der Waals surface area contributed by atoms with Gasteiger partial charge in [0, 0.05) is 23.5 Å². The average molecular weight is 563 g/mol. The van der Waals surface area contributed by atoms with Crippen LogP contribution in [-0.2, 0) is 30.4 Å². The molecule has 1 aromatic carbocycles. The third-order valence-corrected chi connectivity index (χ3v) is 6.70. The van der Waals surface area contributed by atoms with Gasteiger partial charge in [-0.15, -0.1) is 0 Å². The number of hydrogen-bond donors (Lipinski definition) is 7. The number of para-hydroxylation sites is 1. The van der Waals surface area contributed by atoms with Crippen molar-refractivity contribution in [2.45, 2.75) is 63.7 Å². The molecule has 0 bridgehead atoms. The average Bonchev–Trinajstić information content (AvgIpc) is 3.27. The fourth-order valence-electron chi connectivity index (χ4n) is 4.07. The summed E-state index contributed by atoms with van der Waals surface area (Å²) < 4.78 is 0. The summed E-state index contributed by atoms with van der Waals surface area (Å²) >= 11 is 1.43. The second kappa shape index (κ2) is 15.1. The lowest BCUT2D eigenvalue weighted by Gasteiger charge is -2.25. The number of fused-ring (bicyclic) bond motifs is 1. The molecule has 0 saturated heterocycles. The van der Waals surface area contributed by atoms with Gasteiger partial charge in [0.1, 0.15) is 18.1 Å². The highest BCUT2D eigenvalue weighted by molar-refractivity contribution is 7.98. The Kier molecular flexibility index (Phi) is 12.3. The summed E-state index contributed by atoms with van der Waals surface area (Å²) in [4.78, 5) is 65.5. The molecular weight excluding hydrogens is 524 g/mol. The zero-order valence-corrected chi connectivity index (χ0v) is 23.2. The second-order valence-electron chi connectivity index (χ2n) is 9.77. The van der Waals surface area contributed by atoms with Crippen LogP contribution >= 0.6 is 11.8 Å². The Morgan fingerprint density at radius 1 is 0.974 bits per heavy atom. The van der Waals surface area contributed by atoms with Crippen molar-refractivity contribution in [2.75, 3.05) is 12.0 Å². The maximum atomic E-state index is 13.2. The van der Waals surface area contributed by atoms with Gasteiger partial charge in [0.15, 0.2) is 0 Å². The van der Waals surface area contributed by atoms with E-state index in [0.29, 0.717) is 17.7 Å². The zero-order valence-electron chi connectivity index (χ0n) is 22.4. The third kappa shape index (κ3) is 9.91. The first-order valence-corrected chi connectivity index (χ1v) is 14.0. The molecule has 0 aliphatic rings. The molecule has 4 amide bonds. The van der Waals surface area contributed by atoms with Gasteiger partial charge < -0.3 is 37.5 Å². The van der Waals surface area contributed by atoms with Gasteiger partial charge in [0.2, 0.25) is 23.6 Å². The van der Waals surface area contributed by atoms with Gasteiger partial charge in [0.25, 0.3) is 0 Å². The van der Waals surface area contributed by atoms with Gasteiger partial charge in [-0.3, -0.25) is 19.2 Å². The van der Waals surface area contributed by atoms with E-state index in [4.69, 9.17) is 11.5 Å². The van der Waals surface area contributed by atoms with E-state index in [2.05, 4.69) is 20.9 Å².